The fourth-order valence-electron chi connectivity index (χ4n) is 5.47. The number of aliphatic hydroxyl groups is 4. The van der Waals surface area contributed by atoms with Crippen LogP contribution in [0.5, 0.6) is 0 Å². The number of cyclic esters (lactones) is 2. The number of esters is 2. The third-order valence-electron chi connectivity index (χ3n) is 9.44. The molecule has 304 valence electrons. The summed E-state index contributed by atoms with van der Waals surface area (Å²) in [7, 11) is 1.53. The number of oxazole rings is 2. The minimum Gasteiger partial charge on any atom is -0.457 e. The molecule has 2 aromatic rings. The first-order valence-corrected chi connectivity index (χ1v) is 18.5. The lowest BCUT2D eigenvalue weighted by molar-refractivity contribution is -0.0462. The van der Waals surface area contributed by atoms with Gasteiger partial charge in [0, 0.05) is 36.9 Å². The molecule has 3 heterocycles. The second-order valence-electron chi connectivity index (χ2n) is 14.4. The second kappa shape index (κ2) is 22.0. The van der Waals surface area contributed by atoms with E-state index < -0.39 is 65.5 Å². The zero-order valence-corrected chi connectivity index (χ0v) is 33.1. The molecule has 0 fully saturated rings. The Hall–Kier alpha value is -4.92. The topological polar surface area (TPSA) is 195 Å². The van der Waals surface area contributed by atoms with E-state index in [1.54, 1.807) is 102 Å². The number of ether oxygens (including phenoxy) is 3. The van der Waals surface area contributed by atoms with Crippen molar-refractivity contribution in [1.82, 2.24) is 9.97 Å². The Balaban J connectivity index is 1.93. The van der Waals surface area contributed by atoms with Gasteiger partial charge in [0.1, 0.15) is 36.9 Å². The molecule has 0 amide bonds. The monoisotopic (exact) mass is 776 g/mol. The maximum atomic E-state index is 13.3. The molecule has 0 spiro atoms. The SMILES string of the molecule is CC=C[C@H](O)C(C)(C)[C@@H]1CC=C[C@@H](O)[C@@H](O)C=CC=Cc2nc(co2)C(=O)O[C@@H](C(C)(C)[C@@H](O)C=CC)CC=CC=CC=C[C@H](OC)Cc2nc(co2)C(=O)O1. The molecule has 4 bridgehead atoms. The molecule has 0 aromatic carbocycles. The van der Waals surface area contributed by atoms with Crippen LogP contribution < -0.4 is 0 Å². The average molecular weight is 777 g/mol. The van der Waals surface area contributed by atoms with Gasteiger partial charge in [-0.3, -0.25) is 0 Å². The number of carbonyl (C=O) groups excluding carboxylic acids is 2. The lowest BCUT2D eigenvalue weighted by Gasteiger charge is -2.36. The molecule has 3 rings (SSSR count). The highest BCUT2D eigenvalue weighted by Crippen LogP contribution is 2.33. The number of aromatic nitrogens is 2. The molecule has 0 radical (unpaired) electrons. The number of aliphatic hydroxyl groups excluding tert-OH is 4. The third kappa shape index (κ3) is 13.4. The van der Waals surface area contributed by atoms with E-state index in [1.807, 2.05) is 6.08 Å². The number of hydrogen-bond donors (Lipinski definition) is 4. The smallest absolute Gasteiger partial charge is 0.360 e. The van der Waals surface area contributed by atoms with Crippen molar-refractivity contribution in [2.24, 2.45) is 10.8 Å². The van der Waals surface area contributed by atoms with Crippen LogP contribution in [0.15, 0.2) is 113 Å². The summed E-state index contributed by atoms with van der Waals surface area (Å²) in [4.78, 5) is 35.0. The van der Waals surface area contributed by atoms with E-state index in [4.69, 9.17) is 23.0 Å². The molecule has 4 N–H and O–H groups in total. The van der Waals surface area contributed by atoms with Crippen LogP contribution in [0.1, 0.15) is 87.1 Å². The van der Waals surface area contributed by atoms with Crippen molar-refractivity contribution in [3.8, 4) is 0 Å². The average Bonchev–Trinajstić information content (AvgIpc) is 3.84. The van der Waals surface area contributed by atoms with Gasteiger partial charge in [0.25, 0.3) is 0 Å². The van der Waals surface area contributed by atoms with Crippen LogP contribution >= 0.6 is 0 Å². The normalized spacial score (nSPS) is 24.0. The first-order chi connectivity index (χ1) is 26.6. The van der Waals surface area contributed by atoms with Gasteiger partial charge in [-0.1, -0.05) is 119 Å². The molecule has 7 atom stereocenters. The van der Waals surface area contributed by atoms with Gasteiger partial charge >= 0.3 is 11.9 Å². The first kappa shape index (κ1) is 45.5. The van der Waals surface area contributed by atoms with Gasteiger partial charge in [-0.2, -0.15) is 0 Å². The van der Waals surface area contributed by atoms with E-state index in [2.05, 4.69) is 9.97 Å². The van der Waals surface area contributed by atoms with Crippen LogP contribution in [0.3, 0.4) is 0 Å². The second-order valence-corrected chi connectivity index (χ2v) is 14.4. The number of allylic oxidation sites excluding steroid dienone is 8. The number of carbonyl (C=O) groups is 2. The summed E-state index contributed by atoms with van der Waals surface area (Å²) >= 11 is 0. The Morgan fingerprint density at radius 3 is 1.88 bits per heavy atom. The Morgan fingerprint density at radius 1 is 0.732 bits per heavy atom. The molecular weight excluding hydrogens is 720 g/mol. The number of fused-ring (bicyclic) bond motifs is 4. The Kier molecular flexibility index (Phi) is 17.8. The third-order valence-corrected chi connectivity index (χ3v) is 9.44. The number of rotatable bonds is 7. The van der Waals surface area contributed by atoms with Gasteiger partial charge in [-0.15, -0.1) is 0 Å². The number of methoxy groups -OCH3 is 1. The predicted molar refractivity (Wildman–Crippen MR) is 211 cm³/mol. The molecule has 2 aromatic heterocycles. The van der Waals surface area contributed by atoms with Crippen LogP contribution in [-0.2, 0) is 20.6 Å². The van der Waals surface area contributed by atoms with Crippen molar-refractivity contribution in [3.63, 3.8) is 0 Å². The van der Waals surface area contributed by atoms with Crippen LogP contribution in [0.4, 0.5) is 0 Å². The molecule has 1 aliphatic heterocycles. The van der Waals surface area contributed by atoms with Crippen LogP contribution in [0.25, 0.3) is 6.08 Å². The van der Waals surface area contributed by atoms with Crippen molar-refractivity contribution < 1.29 is 53.1 Å². The zero-order chi connectivity index (χ0) is 41.3. The standard InChI is InChI=1S/C43H56N2O11/c1-8-18-34(48)42(3,4)36-23-14-12-10-11-13-20-29(52-7)26-39-45-31(28-54-39)41(51)56-37(43(5,6)35(49)19-9-2)24-17-22-33(47)32(46)21-15-16-25-38-44-30(27-53-38)40(50)55-36/h8-22,25,27-29,32-37,46-49H,23-24,26H2,1-7H3/t29-,32-,33+,34-,35-,36+,37-/m0/s1. The maximum absolute atomic E-state index is 13.3. The maximum Gasteiger partial charge on any atom is 0.360 e. The lowest BCUT2D eigenvalue weighted by Crippen LogP contribution is -2.42. The van der Waals surface area contributed by atoms with E-state index in [0.717, 1.165) is 0 Å². The van der Waals surface area contributed by atoms with E-state index in [0.29, 0.717) is 0 Å². The van der Waals surface area contributed by atoms with Gasteiger partial charge in [-0.25, -0.2) is 19.6 Å². The van der Waals surface area contributed by atoms with Gasteiger partial charge < -0.3 is 43.5 Å². The molecule has 56 heavy (non-hydrogen) atoms. The Morgan fingerprint density at radius 2 is 1.27 bits per heavy atom. The van der Waals surface area contributed by atoms with Crippen LogP contribution in [-0.4, -0.2) is 92.2 Å². The molecule has 0 saturated carbocycles. The van der Waals surface area contributed by atoms with E-state index in [-0.39, 0.29) is 42.4 Å². The lowest BCUT2D eigenvalue weighted by atomic mass is 9.79. The molecular formula is C43H56N2O11. The quantitative estimate of drug-likeness (QED) is 0.183. The minimum absolute atomic E-state index is 0.0613. The van der Waals surface area contributed by atoms with Crippen molar-refractivity contribution in [2.45, 2.75) is 104 Å². The van der Waals surface area contributed by atoms with E-state index >= 15 is 0 Å². The highest BCUT2D eigenvalue weighted by atomic mass is 16.6. The van der Waals surface area contributed by atoms with Gasteiger partial charge in [0.15, 0.2) is 17.3 Å². The molecule has 13 heteroatoms. The molecule has 0 aliphatic carbocycles. The number of nitrogens with zero attached hydrogens (tertiary/aromatic N) is 2. The van der Waals surface area contributed by atoms with Crippen LogP contribution in [0, 0.1) is 10.8 Å². The van der Waals surface area contributed by atoms with Gasteiger partial charge in [0.05, 0.1) is 24.7 Å². The largest absolute Gasteiger partial charge is 0.457 e. The van der Waals surface area contributed by atoms with Crippen molar-refractivity contribution in [1.29, 1.82) is 0 Å². The summed E-state index contributed by atoms with van der Waals surface area (Å²) in [6, 6.07) is 0. The molecule has 0 saturated heterocycles. The van der Waals surface area contributed by atoms with Crippen molar-refractivity contribution >= 4 is 18.0 Å². The first-order valence-electron chi connectivity index (χ1n) is 18.5. The molecule has 0 unspecified atom stereocenters. The summed E-state index contributed by atoms with van der Waals surface area (Å²) in [5, 5.41) is 42.9. The minimum atomic E-state index is -1.32. The zero-order valence-electron chi connectivity index (χ0n) is 33.1. The predicted octanol–water partition coefficient (Wildman–Crippen LogP) is 6.21. The van der Waals surface area contributed by atoms with Gasteiger partial charge in [-0.05, 0) is 13.8 Å². The molecule has 1 aliphatic rings. The van der Waals surface area contributed by atoms with Crippen molar-refractivity contribution in [3.05, 3.63) is 127 Å². The van der Waals surface area contributed by atoms with Crippen molar-refractivity contribution in [2.75, 3.05) is 7.11 Å². The Bertz CT molecular complexity index is 1790. The highest BCUT2D eigenvalue weighted by Gasteiger charge is 2.39. The molecule has 13 nitrogen and oxygen atoms in total. The summed E-state index contributed by atoms with van der Waals surface area (Å²) in [5.74, 6) is -1.15. The highest BCUT2D eigenvalue weighted by molar-refractivity contribution is 5.87. The summed E-state index contributed by atoms with van der Waals surface area (Å²) in [6.07, 6.45) is 22.5. The van der Waals surface area contributed by atoms with E-state index in [9.17, 15) is 30.0 Å². The van der Waals surface area contributed by atoms with Crippen LogP contribution in [0.2, 0.25) is 0 Å². The summed E-state index contributed by atoms with van der Waals surface area (Å²) in [5.41, 5.74) is -1.97. The summed E-state index contributed by atoms with van der Waals surface area (Å²) < 4.78 is 28.3. The summed E-state index contributed by atoms with van der Waals surface area (Å²) in [6.45, 7) is 10.7. The number of hydrogen-bond acceptors (Lipinski definition) is 13. The van der Waals surface area contributed by atoms with Gasteiger partial charge in [0.2, 0.25) is 5.89 Å². The fourth-order valence-corrected chi connectivity index (χ4v) is 5.47. The fraction of sp³-hybridized carbons (Fsp3) is 0.442. The Labute approximate surface area is 328 Å². The van der Waals surface area contributed by atoms with E-state index in [1.165, 1.54) is 50.0 Å².